The summed E-state index contributed by atoms with van der Waals surface area (Å²) >= 11 is 0. The van der Waals surface area contributed by atoms with Gasteiger partial charge in [-0.1, -0.05) is 32.0 Å². The Morgan fingerprint density at radius 1 is 0.963 bits per heavy atom. The molecule has 0 heterocycles. The fourth-order valence-corrected chi connectivity index (χ4v) is 2.79. The van der Waals surface area contributed by atoms with Crippen LogP contribution in [0.4, 0.5) is 11.4 Å². The van der Waals surface area contributed by atoms with Gasteiger partial charge in [0.2, 0.25) is 11.8 Å². The second-order valence-electron chi connectivity index (χ2n) is 6.54. The molecule has 0 saturated carbocycles. The fourth-order valence-electron chi connectivity index (χ4n) is 2.79. The van der Waals surface area contributed by atoms with E-state index in [0.29, 0.717) is 17.2 Å². The molecule has 27 heavy (non-hydrogen) atoms. The Labute approximate surface area is 159 Å². The quantitative estimate of drug-likeness (QED) is 0.719. The lowest BCUT2D eigenvalue weighted by Crippen LogP contribution is -2.22. The van der Waals surface area contributed by atoms with Gasteiger partial charge in [-0.15, -0.1) is 0 Å². The summed E-state index contributed by atoms with van der Waals surface area (Å²) in [5.74, 6) is 0.569. The van der Waals surface area contributed by atoms with Crippen LogP contribution in [0.3, 0.4) is 0 Å². The van der Waals surface area contributed by atoms with E-state index in [2.05, 4.69) is 24.5 Å². The number of methoxy groups -OCH3 is 2. The highest BCUT2D eigenvalue weighted by Crippen LogP contribution is 2.30. The van der Waals surface area contributed by atoms with Crippen LogP contribution in [0.25, 0.3) is 0 Å². The van der Waals surface area contributed by atoms with Crippen molar-refractivity contribution in [1.82, 2.24) is 0 Å². The first-order valence-electron chi connectivity index (χ1n) is 8.77. The van der Waals surface area contributed by atoms with Crippen molar-refractivity contribution < 1.29 is 19.1 Å². The van der Waals surface area contributed by atoms with Gasteiger partial charge in [0, 0.05) is 17.4 Å². The van der Waals surface area contributed by atoms with Crippen LogP contribution in [0.15, 0.2) is 36.4 Å². The van der Waals surface area contributed by atoms with Crippen molar-refractivity contribution in [2.75, 3.05) is 24.9 Å². The lowest BCUT2D eigenvalue weighted by Gasteiger charge is -2.16. The molecule has 2 aromatic carbocycles. The first-order valence-corrected chi connectivity index (χ1v) is 8.77. The first-order chi connectivity index (χ1) is 12.8. The number of amides is 2. The van der Waals surface area contributed by atoms with Gasteiger partial charge >= 0.3 is 0 Å². The maximum atomic E-state index is 12.3. The van der Waals surface area contributed by atoms with Gasteiger partial charge in [-0.3, -0.25) is 9.59 Å². The van der Waals surface area contributed by atoms with Crippen molar-refractivity contribution in [3.8, 4) is 11.5 Å². The second kappa shape index (κ2) is 9.07. The molecule has 0 aliphatic heterocycles. The van der Waals surface area contributed by atoms with Gasteiger partial charge in [-0.2, -0.15) is 0 Å². The maximum Gasteiger partial charge on any atom is 0.233 e. The molecule has 0 bridgehead atoms. The number of carbonyl (C=O) groups is 2. The number of ether oxygens (including phenoxy) is 2. The zero-order valence-electron chi connectivity index (χ0n) is 16.4. The molecule has 0 radical (unpaired) electrons. The van der Waals surface area contributed by atoms with E-state index in [9.17, 15) is 9.59 Å². The number of carbonyl (C=O) groups excluding carboxylic acids is 2. The van der Waals surface area contributed by atoms with E-state index < -0.39 is 5.91 Å². The van der Waals surface area contributed by atoms with E-state index in [1.165, 1.54) is 14.2 Å². The summed E-state index contributed by atoms with van der Waals surface area (Å²) in [6, 6.07) is 10.9. The molecule has 0 aromatic heterocycles. The van der Waals surface area contributed by atoms with Gasteiger partial charge in [-0.25, -0.2) is 0 Å². The third-order valence-corrected chi connectivity index (χ3v) is 4.18. The predicted octanol–water partition coefficient (Wildman–Crippen LogP) is 4.10. The summed E-state index contributed by atoms with van der Waals surface area (Å²) in [5.41, 5.74) is 3.32. The summed E-state index contributed by atoms with van der Waals surface area (Å²) < 4.78 is 10.4. The maximum absolute atomic E-state index is 12.3. The van der Waals surface area contributed by atoms with E-state index in [0.717, 1.165) is 16.8 Å². The highest BCUT2D eigenvalue weighted by Gasteiger charge is 2.15. The molecule has 2 amide bonds. The summed E-state index contributed by atoms with van der Waals surface area (Å²) in [6.07, 6.45) is -0.278. The average molecular weight is 370 g/mol. The minimum absolute atomic E-state index is 0.265. The highest BCUT2D eigenvalue weighted by molar-refractivity contribution is 6.08. The molecule has 0 aliphatic rings. The molecule has 144 valence electrons. The van der Waals surface area contributed by atoms with Gasteiger partial charge in [0.05, 0.1) is 14.2 Å². The third-order valence-electron chi connectivity index (χ3n) is 4.18. The van der Waals surface area contributed by atoms with Crippen molar-refractivity contribution >= 4 is 23.2 Å². The molecule has 2 N–H and O–H groups in total. The normalized spacial score (nSPS) is 10.4. The van der Waals surface area contributed by atoms with Crippen LogP contribution in [0.2, 0.25) is 0 Å². The van der Waals surface area contributed by atoms with Crippen LogP contribution in [0.1, 0.15) is 37.3 Å². The lowest BCUT2D eigenvalue weighted by atomic mass is 9.98. The lowest BCUT2D eigenvalue weighted by molar-refractivity contribution is -0.123. The number of para-hydroxylation sites is 1. The molecular weight excluding hydrogens is 344 g/mol. The Bertz CT molecular complexity index is 831. The molecular formula is C21H26N2O4. The molecule has 6 heteroatoms. The first kappa shape index (κ1) is 20.3. The van der Waals surface area contributed by atoms with Gasteiger partial charge in [0.25, 0.3) is 0 Å². The molecule has 2 aromatic rings. The van der Waals surface area contributed by atoms with Crippen LogP contribution < -0.4 is 20.1 Å². The van der Waals surface area contributed by atoms with E-state index in [1.807, 2.05) is 25.1 Å². The number of hydrogen-bond donors (Lipinski definition) is 2. The highest BCUT2D eigenvalue weighted by atomic mass is 16.5. The summed E-state index contributed by atoms with van der Waals surface area (Å²) in [7, 11) is 3.06. The average Bonchev–Trinajstić information content (AvgIpc) is 2.62. The topological polar surface area (TPSA) is 76.7 Å². The zero-order chi connectivity index (χ0) is 20.0. The third kappa shape index (κ3) is 5.23. The number of anilines is 2. The summed E-state index contributed by atoms with van der Waals surface area (Å²) in [6.45, 7) is 6.06. The Hall–Kier alpha value is -3.02. The zero-order valence-corrected chi connectivity index (χ0v) is 16.4. The van der Waals surface area contributed by atoms with Gasteiger partial charge in [-0.05, 0) is 36.1 Å². The van der Waals surface area contributed by atoms with Crippen LogP contribution >= 0.6 is 0 Å². The van der Waals surface area contributed by atoms with Gasteiger partial charge in [0.15, 0.2) is 11.5 Å². The minimum Gasteiger partial charge on any atom is -0.493 e. The van der Waals surface area contributed by atoms with E-state index in [-0.39, 0.29) is 18.2 Å². The number of hydrogen-bond acceptors (Lipinski definition) is 4. The smallest absolute Gasteiger partial charge is 0.233 e. The second-order valence-corrected chi connectivity index (χ2v) is 6.54. The van der Waals surface area contributed by atoms with Gasteiger partial charge in [0.1, 0.15) is 6.42 Å². The molecule has 0 spiro atoms. The molecule has 0 atom stereocenters. The fraction of sp³-hybridized carbons (Fsp3) is 0.333. The van der Waals surface area contributed by atoms with Crippen LogP contribution in [-0.4, -0.2) is 26.0 Å². The molecule has 0 unspecified atom stereocenters. The van der Waals surface area contributed by atoms with E-state index >= 15 is 0 Å². The molecule has 0 aliphatic carbocycles. The van der Waals surface area contributed by atoms with Crippen molar-refractivity contribution in [3.63, 3.8) is 0 Å². The summed E-state index contributed by atoms with van der Waals surface area (Å²) in [4.78, 5) is 24.6. The van der Waals surface area contributed by atoms with Crippen LogP contribution in [0.5, 0.6) is 11.5 Å². The molecule has 0 fully saturated rings. The molecule has 2 rings (SSSR count). The van der Waals surface area contributed by atoms with Crippen molar-refractivity contribution in [2.45, 2.75) is 33.1 Å². The van der Waals surface area contributed by atoms with Crippen LogP contribution in [0, 0.1) is 6.92 Å². The largest absolute Gasteiger partial charge is 0.493 e. The molecule has 6 nitrogen and oxygen atoms in total. The van der Waals surface area contributed by atoms with Crippen molar-refractivity contribution in [2.24, 2.45) is 0 Å². The number of aryl methyl sites for hydroxylation is 1. The number of nitrogens with one attached hydrogen (secondary N) is 2. The predicted molar refractivity (Wildman–Crippen MR) is 107 cm³/mol. The van der Waals surface area contributed by atoms with Crippen molar-refractivity contribution in [1.29, 1.82) is 0 Å². The van der Waals surface area contributed by atoms with Gasteiger partial charge < -0.3 is 20.1 Å². The Morgan fingerprint density at radius 2 is 1.63 bits per heavy atom. The van der Waals surface area contributed by atoms with E-state index in [4.69, 9.17) is 9.47 Å². The molecule has 0 saturated heterocycles. The Morgan fingerprint density at radius 3 is 2.26 bits per heavy atom. The monoisotopic (exact) mass is 370 g/mol. The standard InChI is InChI=1S/C21H26N2O4/c1-13(2)16-8-6-7-14(3)21(16)23-20(25)12-19(24)22-15-9-10-17(26-4)18(11-15)27-5/h6-11,13H,12H2,1-5H3,(H,22,24)(H,23,25). The Kier molecular flexibility index (Phi) is 6.82. The van der Waals surface area contributed by atoms with Crippen molar-refractivity contribution in [3.05, 3.63) is 47.5 Å². The summed E-state index contributed by atoms with van der Waals surface area (Å²) in [5, 5.41) is 5.57. The number of rotatable bonds is 7. The Balaban J connectivity index is 2.04. The number of benzene rings is 2. The van der Waals surface area contributed by atoms with Crippen LogP contribution in [-0.2, 0) is 9.59 Å². The van der Waals surface area contributed by atoms with E-state index in [1.54, 1.807) is 18.2 Å². The SMILES string of the molecule is COc1ccc(NC(=O)CC(=O)Nc2c(C)cccc2C(C)C)cc1OC. The minimum atomic E-state index is -0.403.